The normalized spacial score (nSPS) is 10.8. The topological polar surface area (TPSA) is 73.1 Å². The van der Waals surface area contributed by atoms with E-state index in [1.165, 1.54) is 4.88 Å². The number of nitrogens with zero attached hydrogens (tertiary/aromatic N) is 2. The summed E-state index contributed by atoms with van der Waals surface area (Å²) in [6.45, 7) is 2.04. The van der Waals surface area contributed by atoms with Crippen molar-refractivity contribution < 1.29 is 4.74 Å². The molecule has 6 heteroatoms. The van der Waals surface area contributed by atoms with Crippen LogP contribution in [0.15, 0.2) is 30.3 Å². The molecule has 0 aliphatic rings. The lowest BCUT2D eigenvalue weighted by Gasteiger charge is -2.08. The fraction of sp³-hybridized carbons (Fsp3) is 0.143. The van der Waals surface area contributed by atoms with Crippen LogP contribution in [0.25, 0.3) is 21.6 Å². The molecule has 2 aromatic heterocycles. The van der Waals surface area contributed by atoms with Gasteiger partial charge in [0.2, 0.25) is 0 Å². The van der Waals surface area contributed by atoms with Crippen molar-refractivity contribution >= 4 is 27.4 Å². The number of para-hydroxylation sites is 1. The molecular weight excluding hydrogens is 272 g/mol. The van der Waals surface area contributed by atoms with E-state index in [2.05, 4.69) is 15.4 Å². The highest BCUT2D eigenvalue weighted by atomic mass is 32.1. The molecule has 3 N–H and O–H groups in total. The molecule has 0 unspecified atom stereocenters. The Balaban J connectivity index is 2.26. The first kappa shape index (κ1) is 12.8. The van der Waals surface area contributed by atoms with E-state index in [4.69, 9.17) is 10.6 Å². The quantitative estimate of drug-likeness (QED) is 0.572. The Morgan fingerprint density at radius 2 is 2.05 bits per heavy atom. The maximum absolute atomic E-state index is 5.58. The highest BCUT2D eigenvalue weighted by Gasteiger charge is 2.13. The molecule has 0 amide bonds. The first-order chi connectivity index (χ1) is 9.72. The van der Waals surface area contributed by atoms with Crippen LogP contribution in [0.5, 0.6) is 5.75 Å². The third kappa shape index (κ3) is 2.09. The number of hydrazine groups is 1. The molecule has 0 saturated heterocycles. The number of aryl methyl sites for hydroxylation is 1. The minimum atomic E-state index is 0.602. The van der Waals surface area contributed by atoms with Crippen molar-refractivity contribution in [3.63, 3.8) is 0 Å². The van der Waals surface area contributed by atoms with Crippen molar-refractivity contribution in [2.75, 3.05) is 12.5 Å². The molecule has 102 valence electrons. The second-order valence-corrected chi connectivity index (χ2v) is 5.55. The minimum absolute atomic E-state index is 0.602. The maximum Gasteiger partial charge on any atom is 0.166 e. The SMILES string of the molecule is COc1ccccc1-c1nc(NN)c2cc(C)sc2n1. The Bertz CT molecular complexity index is 769. The van der Waals surface area contributed by atoms with Crippen molar-refractivity contribution in [1.82, 2.24) is 9.97 Å². The summed E-state index contributed by atoms with van der Waals surface area (Å²) in [5.74, 6) is 7.54. The van der Waals surface area contributed by atoms with Crippen LogP contribution in [0.1, 0.15) is 4.88 Å². The van der Waals surface area contributed by atoms with Crippen LogP contribution in [0.3, 0.4) is 0 Å². The molecule has 20 heavy (non-hydrogen) atoms. The van der Waals surface area contributed by atoms with Gasteiger partial charge in [0.05, 0.1) is 18.1 Å². The highest BCUT2D eigenvalue weighted by Crippen LogP contribution is 2.33. The number of anilines is 1. The van der Waals surface area contributed by atoms with Crippen molar-refractivity contribution in [3.8, 4) is 17.1 Å². The lowest BCUT2D eigenvalue weighted by molar-refractivity contribution is 0.416. The van der Waals surface area contributed by atoms with Gasteiger partial charge in [0.25, 0.3) is 0 Å². The second kappa shape index (κ2) is 5.07. The molecule has 0 saturated carbocycles. The Labute approximate surface area is 120 Å². The fourth-order valence-corrected chi connectivity index (χ4v) is 2.98. The summed E-state index contributed by atoms with van der Waals surface area (Å²) in [5.41, 5.74) is 3.49. The molecule has 3 rings (SSSR count). The van der Waals surface area contributed by atoms with Gasteiger partial charge in [-0.05, 0) is 25.1 Å². The van der Waals surface area contributed by atoms with E-state index in [9.17, 15) is 0 Å². The Morgan fingerprint density at radius 1 is 1.25 bits per heavy atom. The van der Waals surface area contributed by atoms with Crippen molar-refractivity contribution in [3.05, 3.63) is 35.2 Å². The molecule has 0 aliphatic carbocycles. The average Bonchev–Trinajstić information content (AvgIpc) is 2.86. The number of hydrogen-bond acceptors (Lipinski definition) is 6. The van der Waals surface area contributed by atoms with Crippen molar-refractivity contribution in [1.29, 1.82) is 0 Å². The van der Waals surface area contributed by atoms with E-state index in [0.29, 0.717) is 11.6 Å². The number of aromatic nitrogens is 2. The van der Waals surface area contributed by atoms with Gasteiger partial charge in [0, 0.05) is 4.88 Å². The van der Waals surface area contributed by atoms with Gasteiger partial charge in [-0.3, -0.25) is 0 Å². The monoisotopic (exact) mass is 286 g/mol. The number of rotatable bonds is 3. The van der Waals surface area contributed by atoms with Crippen LogP contribution < -0.4 is 16.0 Å². The molecule has 0 bridgehead atoms. The van der Waals surface area contributed by atoms with Crippen LogP contribution in [-0.4, -0.2) is 17.1 Å². The van der Waals surface area contributed by atoms with Crippen LogP contribution >= 0.6 is 11.3 Å². The number of fused-ring (bicyclic) bond motifs is 1. The van der Waals surface area contributed by atoms with Gasteiger partial charge in [-0.2, -0.15) is 0 Å². The number of nitrogens with one attached hydrogen (secondary N) is 1. The van der Waals surface area contributed by atoms with Crippen molar-refractivity contribution in [2.24, 2.45) is 5.84 Å². The first-order valence-electron chi connectivity index (χ1n) is 6.11. The van der Waals surface area contributed by atoms with Crippen LogP contribution in [0.2, 0.25) is 0 Å². The summed E-state index contributed by atoms with van der Waals surface area (Å²) < 4.78 is 5.36. The predicted octanol–water partition coefficient (Wildman–Crippen LogP) is 2.96. The van der Waals surface area contributed by atoms with Gasteiger partial charge >= 0.3 is 0 Å². The van der Waals surface area contributed by atoms with E-state index in [-0.39, 0.29) is 0 Å². The Hall–Kier alpha value is -2.18. The van der Waals surface area contributed by atoms with Gasteiger partial charge < -0.3 is 10.2 Å². The molecule has 1 aromatic carbocycles. The van der Waals surface area contributed by atoms with Gasteiger partial charge in [0.1, 0.15) is 10.6 Å². The lowest BCUT2D eigenvalue weighted by atomic mass is 10.2. The molecule has 0 spiro atoms. The van der Waals surface area contributed by atoms with Crippen LogP contribution in [0.4, 0.5) is 5.82 Å². The van der Waals surface area contributed by atoms with E-state index in [1.807, 2.05) is 37.3 Å². The summed E-state index contributed by atoms with van der Waals surface area (Å²) in [4.78, 5) is 11.2. The third-order valence-corrected chi connectivity index (χ3v) is 3.94. The first-order valence-corrected chi connectivity index (χ1v) is 6.92. The van der Waals surface area contributed by atoms with E-state index < -0.39 is 0 Å². The summed E-state index contributed by atoms with van der Waals surface area (Å²) in [7, 11) is 1.63. The average molecular weight is 286 g/mol. The molecule has 3 aromatic rings. The second-order valence-electron chi connectivity index (χ2n) is 4.32. The zero-order chi connectivity index (χ0) is 14.1. The Kier molecular flexibility index (Phi) is 3.25. The lowest BCUT2D eigenvalue weighted by Crippen LogP contribution is -2.09. The molecule has 0 radical (unpaired) electrons. The standard InChI is InChI=1S/C14H14N4OS/c1-8-7-10-13(18-15)16-12(17-14(10)20-8)9-5-3-4-6-11(9)19-2/h3-7H,15H2,1-2H3,(H,16,17,18). The smallest absolute Gasteiger partial charge is 0.166 e. The van der Waals surface area contributed by atoms with Crippen molar-refractivity contribution in [2.45, 2.75) is 6.92 Å². The minimum Gasteiger partial charge on any atom is -0.496 e. The molecule has 0 aliphatic heterocycles. The zero-order valence-corrected chi connectivity index (χ0v) is 12.0. The van der Waals surface area contributed by atoms with Crippen LogP contribution in [0, 0.1) is 6.92 Å². The molecule has 2 heterocycles. The van der Waals surface area contributed by atoms with Gasteiger partial charge in [-0.1, -0.05) is 12.1 Å². The molecular formula is C14H14N4OS. The molecule has 0 atom stereocenters. The van der Waals surface area contributed by atoms with Crippen LogP contribution in [-0.2, 0) is 0 Å². The molecule has 0 fully saturated rings. The van der Waals surface area contributed by atoms with Gasteiger partial charge in [0.15, 0.2) is 11.6 Å². The number of benzene rings is 1. The predicted molar refractivity (Wildman–Crippen MR) is 82.0 cm³/mol. The molecule has 5 nitrogen and oxygen atoms in total. The van der Waals surface area contributed by atoms with E-state index in [1.54, 1.807) is 18.4 Å². The number of ether oxygens (including phenoxy) is 1. The summed E-state index contributed by atoms with van der Waals surface area (Å²) in [6, 6.07) is 9.69. The largest absolute Gasteiger partial charge is 0.496 e. The number of hydrogen-bond donors (Lipinski definition) is 2. The number of nitrogens with two attached hydrogens (primary N) is 1. The summed E-state index contributed by atoms with van der Waals surface area (Å²) >= 11 is 1.62. The third-order valence-electron chi connectivity index (χ3n) is 3.00. The van der Waals surface area contributed by atoms with E-state index in [0.717, 1.165) is 21.5 Å². The highest BCUT2D eigenvalue weighted by molar-refractivity contribution is 7.18. The van der Waals surface area contributed by atoms with Gasteiger partial charge in [-0.25, -0.2) is 15.8 Å². The number of thiophene rings is 1. The van der Waals surface area contributed by atoms with Gasteiger partial charge in [-0.15, -0.1) is 11.3 Å². The summed E-state index contributed by atoms with van der Waals surface area (Å²) in [6.07, 6.45) is 0. The number of methoxy groups -OCH3 is 1. The summed E-state index contributed by atoms with van der Waals surface area (Å²) in [5, 5.41) is 0.939. The van der Waals surface area contributed by atoms with E-state index >= 15 is 0 Å². The Morgan fingerprint density at radius 3 is 2.80 bits per heavy atom. The zero-order valence-electron chi connectivity index (χ0n) is 11.2. The number of nitrogen functional groups attached to an aromatic ring is 1. The fourth-order valence-electron chi connectivity index (χ4n) is 2.10. The maximum atomic E-state index is 5.58.